The van der Waals surface area contributed by atoms with Crippen LogP contribution in [0.25, 0.3) is 0 Å². The highest BCUT2D eigenvalue weighted by Gasteiger charge is 2.21. The van der Waals surface area contributed by atoms with Crippen molar-refractivity contribution in [3.8, 4) is 0 Å². The molecule has 0 radical (unpaired) electrons. The molecule has 7 nitrogen and oxygen atoms in total. The second-order valence-electron chi connectivity index (χ2n) is 6.85. The van der Waals surface area contributed by atoms with Gasteiger partial charge in [0.1, 0.15) is 0 Å². The van der Waals surface area contributed by atoms with Crippen molar-refractivity contribution in [2.75, 3.05) is 86.2 Å². The van der Waals surface area contributed by atoms with E-state index in [1.807, 2.05) is 0 Å². The zero-order valence-corrected chi connectivity index (χ0v) is 18.5. The Labute approximate surface area is 170 Å². The van der Waals surface area contributed by atoms with Crippen molar-refractivity contribution in [2.45, 2.75) is 19.4 Å². The lowest BCUT2D eigenvalue weighted by Crippen LogP contribution is -2.51. The average Bonchev–Trinajstić information content (AvgIpc) is 2.60. The van der Waals surface area contributed by atoms with E-state index in [0.29, 0.717) is 6.04 Å². The number of hydrogen-bond donors (Lipinski definition) is 2. The summed E-state index contributed by atoms with van der Waals surface area (Å²) in [5.41, 5.74) is 0. The quantitative estimate of drug-likeness (QED) is 0.240. The number of rotatable bonds is 7. The molecule has 1 atom stereocenters. The Bertz CT molecular complexity index is 378. The fourth-order valence-electron chi connectivity index (χ4n) is 3.17. The molecule has 0 amide bonds. The Hall–Kier alpha value is -0.160. The van der Waals surface area contributed by atoms with Crippen LogP contribution in [0.5, 0.6) is 0 Å². The molecule has 2 rings (SSSR count). The first kappa shape index (κ1) is 22.9. The summed E-state index contributed by atoms with van der Waals surface area (Å²) in [5.74, 6) is 0.945. The van der Waals surface area contributed by atoms with E-state index in [9.17, 15) is 0 Å². The van der Waals surface area contributed by atoms with E-state index in [2.05, 4.69) is 46.4 Å². The first-order valence-corrected chi connectivity index (χ1v) is 9.40. The van der Waals surface area contributed by atoms with Gasteiger partial charge in [-0.05, 0) is 34.0 Å². The Morgan fingerprint density at radius 1 is 1.12 bits per heavy atom. The van der Waals surface area contributed by atoms with Crippen molar-refractivity contribution in [3.05, 3.63) is 0 Å². The van der Waals surface area contributed by atoms with Crippen LogP contribution in [0.4, 0.5) is 0 Å². The molecule has 2 fully saturated rings. The van der Waals surface area contributed by atoms with Crippen LogP contribution in [-0.4, -0.2) is 113 Å². The van der Waals surface area contributed by atoms with Crippen molar-refractivity contribution in [1.82, 2.24) is 25.3 Å². The van der Waals surface area contributed by atoms with Gasteiger partial charge in [0.2, 0.25) is 0 Å². The van der Waals surface area contributed by atoms with Crippen LogP contribution in [0.3, 0.4) is 0 Å². The van der Waals surface area contributed by atoms with Crippen LogP contribution in [0, 0.1) is 0 Å². The van der Waals surface area contributed by atoms with Crippen molar-refractivity contribution in [2.24, 2.45) is 4.99 Å². The minimum absolute atomic E-state index is 0. The number of nitrogens with zero attached hydrogens (tertiary/aromatic N) is 4. The fraction of sp³-hybridized carbons (Fsp3) is 0.941. The smallest absolute Gasteiger partial charge is 0.191 e. The number of piperazine rings is 1. The van der Waals surface area contributed by atoms with Gasteiger partial charge in [0, 0.05) is 51.9 Å². The number of morpholine rings is 1. The van der Waals surface area contributed by atoms with E-state index >= 15 is 0 Å². The molecule has 0 aromatic heterocycles. The van der Waals surface area contributed by atoms with Crippen molar-refractivity contribution in [1.29, 1.82) is 0 Å². The van der Waals surface area contributed by atoms with E-state index in [0.717, 1.165) is 84.5 Å². The topological polar surface area (TPSA) is 55.4 Å². The molecule has 2 N–H and O–H groups in total. The van der Waals surface area contributed by atoms with E-state index in [1.165, 1.54) is 0 Å². The van der Waals surface area contributed by atoms with Gasteiger partial charge in [0.15, 0.2) is 5.96 Å². The van der Waals surface area contributed by atoms with Crippen LogP contribution in [0.15, 0.2) is 4.99 Å². The van der Waals surface area contributed by atoms with Crippen LogP contribution >= 0.6 is 24.0 Å². The van der Waals surface area contributed by atoms with Gasteiger partial charge in [-0.3, -0.25) is 14.8 Å². The molecule has 2 heterocycles. The summed E-state index contributed by atoms with van der Waals surface area (Å²) in [5, 5.41) is 6.83. The van der Waals surface area contributed by atoms with Crippen molar-refractivity contribution >= 4 is 29.9 Å². The lowest BCUT2D eigenvalue weighted by atomic mass is 10.2. The summed E-state index contributed by atoms with van der Waals surface area (Å²) in [6.45, 7) is 13.2. The number of halogens is 1. The highest BCUT2D eigenvalue weighted by atomic mass is 127. The Morgan fingerprint density at radius 2 is 1.88 bits per heavy atom. The van der Waals surface area contributed by atoms with Gasteiger partial charge < -0.3 is 20.3 Å². The Morgan fingerprint density at radius 3 is 2.60 bits per heavy atom. The van der Waals surface area contributed by atoms with E-state index in [4.69, 9.17) is 9.73 Å². The van der Waals surface area contributed by atoms with Gasteiger partial charge in [-0.2, -0.15) is 0 Å². The summed E-state index contributed by atoms with van der Waals surface area (Å²) in [6, 6.07) is 0.507. The first-order chi connectivity index (χ1) is 11.7. The summed E-state index contributed by atoms with van der Waals surface area (Å²) in [6.07, 6.45) is 1.14. The van der Waals surface area contributed by atoms with Crippen LogP contribution < -0.4 is 10.6 Å². The minimum atomic E-state index is 0. The van der Waals surface area contributed by atoms with Crippen LogP contribution in [0.1, 0.15) is 13.3 Å². The molecule has 0 aromatic rings. The monoisotopic (exact) mass is 468 g/mol. The molecular formula is C17H37IN6O. The Kier molecular flexibility index (Phi) is 12.0. The van der Waals surface area contributed by atoms with Crippen molar-refractivity contribution < 1.29 is 4.74 Å². The lowest BCUT2D eigenvalue weighted by molar-refractivity contribution is 0.0376. The largest absolute Gasteiger partial charge is 0.379 e. The molecule has 0 aliphatic carbocycles. The maximum atomic E-state index is 5.39. The minimum Gasteiger partial charge on any atom is -0.379 e. The maximum Gasteiger partial charge on any atom is 0.191 e. The third-order valence-corrected chi connectivity index (χ3v) is 4.83. The predicted octanol–water partition coefficient (Wildman–Crippen LogP) is 0.128. The lowest BCUT2D eigenvalue weighted by Gasteiger charge is -2.36. The molecule has 0 saturated carbocycles. The van der Waals surface area contributed by atoms with Crippen molar-refractivity contribution in [3.63, 3.8) is 0 Å². The third kappa shape index (κ3) is 8.85. The van der Waals surface area contributed by atoms with Gasteiger partial charge in [-0.25, -0.2) is 0 Å². The Balaban J connectivity index is 0.00000312. The molecule has 25 heavy (non-hydrogen) atoms. The summed E-state index contributed by atoms with van der Waals surface area (Å²) < 4.78 is 5.39. The van der Waals surface area contributed by atoms with E-state index in [1.54, 1.807) is 0 Å². The zero-order valence-electron chi connectivity index (χ0n) is 16.2. The molecule has 2 aliphatic heterocycles. The van der Waals surface area contributed by atoms with Crippen LogP contribution in [0.2, 0.25) is 0 Å². The van der Waals surface area contributed by atoms with Gasteiger partial charge in [0.05, 0.1) is 19.8 Å². The number of nitrogens with one attached hydrogen (secondary N) is 2. The van der Waals surface area contributed by atoms with Gasteiger partial charge >= 0.3 is 0 Å². The summed E-state index contributed by atoms with van der Waals surface area (Å²) in [7, 11) is 4.40. The molecule has 2 saturated heterocycles. The third-order valence-electron chi connectivity index (χ3n) is 4.83. The molecule has 2 aliphatic rings. The zero-order chi connectivity index (χ0) is 17.2. The fourth-order valence-corrected chi connectivity index (χ4v) is 3.17. The van der Waals surface area contributed by atoms with Crippen LogP contribution in [-0.2, 0) is 4.74 Å². The standard InChI is InChI=1S/C17H36N6O.HI/c1-4-18-17(19-6-5-7-23-10-12-24-13-11-23)20-14-16-15-21(2)8-9-22(16)3;/h16H,4-15H2,1-3H3,(H2,18,19,20);1H. The molecule has 1 unspecified atom stereocenters. The molecule has 0 spiro atoms. The summed E-state index contributed by atoms with van der Waals surface area (Å²) in [4.78, 5) is 12.1. The maximum absolute atomic E-state index is 5.39. The molecule has 0 bridgehead atoms. The SMILES string of the molecule is CCNC(=NCC1CN(C)CCN1C)NCCCN1CCOCC1.I. The number of aliphatic imine (C=N–C) groups is 1. The van der Waals surface area contributed by atoms with Gasteiger partial charge in [-0.15, -0.1) is 24.0 Å². The van der Waals surface area contributed by atoms with Gasteiger partial charge in [0.25, 0.3) is 0 Å². The first-order valence-electron chi connectivity index (χ1n) is 9.40. The predicted molar refractivity (Wildman–Crippen MR) is 115 cm³/mol. The number of guanidine groups is 1. The van der Waals surface area contributed by atoms with E-state index < -0.39 is 0 Å². The highest BCUT2D eigenvalue weighted by Crippen LogP contribution is 2.06. The summed E-state index contributed by atoms with van der Waals surface area (Å²) >= 11 is 0. The number of likely N-dealkylation sites (N-methyl/N-ethyl adjacent to an activating group) is 2. The molecular weight excluding hydrogens is 431 g/mol. The van der Waals surface area contributed by atoms with Gasteiger partial charge in [-0.1, -0.05) is 0 Å². The normalized spacial score (nSPS) is 24.0. The van der Waals surface area contributed by atoms with E-state index in [-0.39, 0.29) is 24.0 Å². The number of hydrogen-bond acceptors (Lipinski definition) is 5. The molecule has 0 aromatic carbocycles. The molecule has 8 heteroatoms. The second-order valence-corrected chi connectivity index (χ2v) is 6.85. The average molecular weight is 468 g/mol. The molecule has 148 valence electrons. The number of ether oxygens (including phenoxy) is 1. The highest BCUT2D eigenvalue weighted by molar-refractivity contribution is 14.0. The second kappa shape index (κ2) is 13.1.